The van der Waals surface area contributed by atoms with Crippen LogP contribution in [0.1, 0.15) is 25.3 Å². The van der Waals surface area contributed by atoms with Crippen molar-refractivity contribution < 1.29 is 19.4 Å². The third kappa shape index (κ3) is 4.11. The molecule has 1 N–H and O–H groups in total. The molecule has 0 saturated carbocycles. The van der Waals surface area contributed by atoms with E-state index in [1.807, 2.05) is 18.2 Å². The van der Waals surface area contributed by atoms with E-state index < -0.39 is 5.97 Å². The highest BCUT2D eigenvalue weighted by atomic mass is 16.5. The first-order valence-electron chi connectivity index (χ1n) is 7.39. The Morgan fingerprint density at radius 1 is 1.38 bits per heavy atom. The zero-order valence-electron chi connectivity index (χ0n) is 12.7. The van der Waals surface area contributed by atoms with E-state index in [-0.39, 0.29) is 5.92 Å². The number of carboxylic acids is 1. The summed E-state index contributed by atoms with van der Waals surface area (Å²) in [5.41, 5.74) is 1.11. The largest absolute Gasteiger partial charge is 0.493 e. The molecule has 5 nitrogen and oxygen atoms in total. The molecule has 1 aliphatic rings. The van der Waals surface area contributed by atoms with Crippen LogP contribution in [0.15, 0.2) is 18.2 Å². The molecule has 1 saturated heterocycles. The van der Waals surface area contributed by atoms with Gasteiger partial charge in [-0.3, -0.25) is 9.69 Å². The van der Waals surface area contributed by atoms with Crippen LogP contribution in [-0.2, 0) is 11.3 Å². The zero-order chi connectivity index (χ0) is 15.2. The summed E-state index contributed by atoms with van der Waals surface area (Å²) in [6.07, 6.45) is 2.12. The fraction of sp³-hybridized carbons (Fsp3) is 0.562. The molecule has 0 unspecified atom stereocenters. The number of carbonyl (C=O) groups is 1. The molecule has 0 atom stereocenters. The molecule has 0 aromatic heterocycles. The van der Waals surface area contributed by atoms with Gasteiger partial charge in [-0.25, -0.2) is 0 Å². The average Bonchev–Trinajstić information content (AvgIpc) is 2.43. The molecule has 0 radical (unpaired) electrons. The van der Waals surface area contributed by atoms with Crippen LogP contribution < -0.4 is 9.47 Å². The Morgan fingerprint density at radius 3 is 2.76 bits per heavy atom. The lowest BCUT2D eigenvalue weighted by molar-refractivity contribution is -0.147. The van der Waals surface area contributed by atoms with Crippen molar-refractivity contribution in [3.8, 4) is 11.5 Å². The van der Waals surface area contributed by atoms with Crippen molar-refractivity contribution in [3.63, 3.8) is 0 Å². The summed E-state index contributed by atoms with van der Waals surface area (Å²) < 4.78 is 11.1. The summed E-state index contributed by atoms with van der Waals surface area (Å²) in [7, 11) is 1.63. The molecule has 0 amide bonds. The fourth-order valence-corrected chi connectivity index (χ4v) is 2.37. The van der Waals surface area contributed by atoms with Gasteiger partial charge in [0.05, 0.1) is 19.6 Å². The van der Waals surface area contributed by atoms with Crippen LogP contribution in [0.25, 0.3) is 0 Å². The lowest BCUT2D eigenvalue weighted by atomic mass is 9.99. The third-order valence-corrected chi connectivity index (χ3v) is 3.70. The molecule has 0 spiro atoms. The van der Waals surface area contributed by atoms with E-state index in [2.05, 4.69) is 11.8 Å². The van der Waals surface area contributed by atoms with E-state index in [0.717, 1.165) is 36.4 Å². The van der Waals surface area contributed by atoms with Gasteiger partial charge in [-0.05, 0) is 24.1 Å². The van der Waals surface area contributed by atoms with Crippen molar-refractivity contribution in [3.05, 3.63) is 23.8 Å². The number of unbranched alkanes of at least 4 members (excludes halogenated alkanes) is 1. The Balaban J connectivity index is 1.91. The minimum Gasteiger partial charge on any atom is -0.493 e. The van der Waals surface area contributed by atoms with Gasteiger partial charge in [-0.1, -0.05) is 19.4 Å². The standard InChI is InChI=1S/C16H23NO4/c1-3-4-7-21-14-6-5-12(8-15(14)20-2)9-17-10-13(11-17)16(18)19/h5-6,8,13H,3-4,7,9-11H2,1-2H3,(H,18,19). The van der Waals surface area contributed by atoms with Crippen LogP contribution in [-0.4, -0.2) is 42.8 Å². The molecule has 0 aliphatic carbocycles. The number of benzene rings is 1. The number of hydrogen-bond donors (Lipinski definition) is 1. The van der Waals surface area contributed by atoms with Gasteiger partial charge in [0.25, 0.3) is 0 Å². The lowest BCUT2D eigenvalue weighted by Crippen LogP contribution is -2.49. The van der Waals surface area contributed by atoms with E-state index in [4.69, 9.17) is 14.6 Å². The first kappa shape index (κ1) is 15.6. The van der Waals surface area contributed by atoms with Gasteiger partial charge in [0.2, 0.25) is 0 Å². The molecule has 1 aromatic carbocycles. The second-order valence-corrected chi connectivity index (χ2v) is 5.42. The van der Waals surface area contributed by atoms with Gasteiger partial charge in [-0.2, -0.15) is 0 Å². The van der Waals surface area contributed by atoms with Crippen molar-refractivity contribution >= 4 is 5.97 Å². The molecule has 1 fully saturated rings. The van der Waals surface area contributed by atoms with Gasteiger partial charge in [0.1, 0.15) is 0 Å². The number of nitrogens with zero attached hydrogens (tertiary/aromatic N) is 1. The van der Waals surface area contributed by atoms with Crippen LogP contribution >= 0.6 is 0 Å². The maximum atomic E-state index is 10.8. The second-order valence-electron chi connectivity index (χ2n) is 5.42. The summed E-state index contributed by atoms with van der Waals surface area (Å²) in [6, 6.07) is 5.91. The van der Waals surface area contributed by atoms with Gasteiger partial charge in [0, 0.05) is 19.6 Å². The summed E-state index contributed by atoms with van der Waals surface area (Å²) in [5, 5.41) is 8.88. The maximum Gasteiger partial charge on any atom is 0.309 e. The van der Waals surface area contributed by atoms with Crippen molar-refractivity contribution in [1.29, 1.82) is 0 Å². The Bertz CT molecular complexity index is 483. The molecule has 1 aromatic rings. The van der Waals surface area contributed by atoms with E-state index in [0.29, 0.717) is 19.7 Å². The normalized spacial score (nSPS) is 15.5. The molecule has 1 aliphatic heterocycles. The number of aliphatic carboxylic acids is 1. The van der Waals surface area contributed by atoms with E-state index >= 15 is 0 Å². The number of methoxy groups -OCH3 is 1. The number of carboxylic acid groups (broad SMARTS) is 1. The predicted octanol–water partition coefficient (Wildman–Crippen LogP) is 2.39. The number of rotatable bonds is 8. The highest BCUT2D eigenvalue weighted by Gasteiger charge is 2.32. The molecule has 116 valence electrons. The molecular weight excluding hydrogens is 270 g/mol. The van der Waals surface area contributed by atoms with Gasteiger partial charge >= 0.3 is 5.97 Å². The molecular formula is C16H23NO4. The van der Waals surface area contributed by atoms with Crippen molar-refractivity contribution in [2.45, 2.75) is 26.3 Å². The number of likely N-dealkylation sites (tertiary alicyclic amines) is 1. The SMILES string of the molecule is CCCCOc1ccc(CN2CC(C(=O)O)C2)cc1OC. The fourth-order valence-electron chi connectivity index (χ4n) is 2.37. The molecule has 2 rings (SSSR count). The molecule has 0 bridgehead atoms. The Hall–Kier alpha value is -1.75. The first-order chi connectivity index (χ1) is 10.1. The van der Waals surface area contributed by atoms with Crippen LogP contribution in [0.4, 0.5) is 0 Å². The lowest BCUT2D eigenvalue weighted by Gasteiger charge is -2.36. The highest BCUT2D eigenvalue weighted by molar-refractivity contribution is 5.71. The smallest absolute Gasteiger partial charge is 0.309 e. The first-order valence-corrected chi connectivity index (χ1v) is 7.39. The molecule has 21 heavy (non-hydrogen) atoms. The second kappa shape index (κ2) is 7.31. The van der Waals surface area contributed by atoms with Gasteiger partial charge in [0.15, 0.2) is 11.5 Å². The van der Waals surface area contributed by atoms with Crippen molar-refractivity contribution in [1.82, 2.24) is 4.90 Å². The Kier molecular flexibility index (Phi) is 5.44. The van der Waals surface area contributed by atoms with Crippen LogP contribution in [0.3, 0.4) is 0 Å². The minimum absolute atomic E-state index is 0.219. The van der Waals surface area contributed by atoms with Crippen LogP contribution in [0.5, 0.6) is 11.5 Å². The highest BCUT2D eigenvalue weighted by Crippen LogP contribution is 2.29. The third-order valence-electron chi connectivity index (χ3n) is 3.70. The minimum atomic E-state index is -0.705. The Labute approximate surface area is 125 Å². The van der Waals surface area contributed by atoms with Crippen LogP contribution in [0.2, 0.25) is 0 Å². The summed E-state index contributed by atoms with van der Waals surface area (Å²) in [5.74, 6) is 0.577. The Morgan fingerprint density at radius 2 is 2.14 bits per heavy atom. The van der Waals surface area contributed by atoms with E-state index in [9.17, 15) is 4.79 Å². The molecule has 5 heteroatoms. The summed E-state index contributed by atoms with van der Waals surface area (Å²) >= 11 is 0. The van der Waals surface area contributed by atoms with Crippen molar-refractivity contribution in [2.75, 3.05) is 26.8 Å². The average molecular weight is 293 g/mol. The number of hydrogen-bond acceptors (Lipinski definition) is 4. The monoisotopic (exact) mass is 293 g/mol. The topological polar surface area (TPSA) is 59.0 Å². The number of ether oxygens (including phenoxy) is 2. The van der Waals surface area contributed by atoms with Gasteiger partial charge < -0.3 is 14.6 Å². The zero-order valence-corrected chi connectivity index (χ0v) is 12.7. The van der Waals surface area contributed by atoms with Crippen LogP contribution in [0, 0.1) is 5.92 Å². The molecule has 1 heterocycles. The maximum absolute atomic E-state index is 10.8. The predicted molar refractivity (Wildman–Crippen MR) is 79.8 cm³/mol. The quantitative estimate of drug-likeness (QED) is 0.746. The van der Waals surface area contributed by atoms with E-state index in [1.54, 1.807) is 7.11 Å². The van der Waals surface area contributed by atoms with E-state index in [1.165, 1.54) is 0 Å². The van der Waals surface area contributed by atoms with Crippen molar-refractivity contribution in [2.24, 2.45) is 5.92 Å². The summed E-state index contributed by atoms with van der Waals surface area (Å²) in [4.78, 5) is 12.9. The van der Waals surface area contributed by atoms with Gasteiger partial charge in [-0.15, -0.1) is 0 Å². The summed E-state index contributed by atoms with van der Waals surface area (Å²) in [6.45, 7) is 4.80.